The molecule has 0 spiro atoms. The number of ether oxygens (including phenoxy) is 1. The molecule has 0 aliphatic heterocycles. The molecule has 0 radical (unpaired) electrons. The van der Waals surface area contributed by atoms with Gasteiger partial charge in [-0.2, -0.15) is 0 Å². The average Bonchev–Trinajstić information content (AvgIpc) is 2.39. The Bertz CT molecular complexity index is 360. The van der Waals surface area contributed by atoms with Crippen LogP contribution in [0.1, 0.15) is 38.7 Å². The van der Waals surface area contributed by atoms with Crippen LogP contribution in [0.15, 0.2) is 18.2 Å². The van der Waals surface area contributed by atoms with Gasteiger partial charge in [0.1, 0.15) is 5.75 Å². The van der Waals surface area contributed by atoms with Crippen LogP contribution in [-0.4, -0.2) is 25.4 Å². The van der Waals surface area contributed by atoms with Crippen molar-refractivity contribution in [2.24, 2.45) is 5.92 Å². The van der Waals surface area contributed by atoms with Crippen molar-refractivity contribution in [1.82, 2.24) is 0 Å². The average molecular weight is 251 g/mol. The standard InChI is InChI=1S/C15H25NO2/c1-5-12(10-17)9-16-14-8-13(11(2)3)6-7-15(14)18-4/h6-8,11-12,16-17H,5,9-10H2,1-4H3. The first kappa shape index (κ1) is 14.8. The first-order chi connectivity index (χ1) is 8.62. The molecule has 2 N–H and O–H groups in total. The highest BCUT2D eigenvalue weighted by molar-refractivity contribution is 5.58. The molecular weight excluding hydrogens is 226 g/mol. The lowest BCUT2D eigenvalue weighted by atomic mass is 10.0. The molecule has 0 aromatic heterocycles. The van der Waals surface area contributed by atoms with Crippen LogP contribution in [0.2, 0.25) is 0 Å². The highest BCUT2D eigenvalue weighted by atomic mass is 16.5. The van der Waals surface area contributed by atoms with E-state index in [0.29, 0.717) is 5.92 Å². The number of methoxy groups -OCH3 is 1. The fourth-order valence-electron chi connectivity index (χ4n) is 1.82. The third-order valence-electron chi connectivity index (χ3n) is 3.31. The minimum atomic E-state index is 0.218. The molecule has 0 fully saturated rings. The second-order valence-electron chi connectivity index (χ2n) is 4.95. The van der Waals surface area contributed by atoms with Crippen LogP contribution in [0.3, 0.4) is 0 Å². The molecule has 3 heteroatoms. The summed E-state index contributed by atoms with van der Waals surface area (Å²) < 4.78 is 5.35. The normalized spacial score (nSPS) is 12.6. The van der Waals surface area contributed by atoms with Gasteiger partial charge < -0.3 is 15.2 Å². The van der Waals surface area contributed by atoms with Crippen molar-refractivity contribution in [2.45, 2.75) is 33.1 Å². The summed E-state index contributed by atoms with van der Waals surface area (Å²) in [7, 11) is 1.68. The third-order valence-corrected chi connectivity index (χ3v) is 3.31. The van der Waals surface area contributed by atoms with Gasteiger partial charge in [-0.1, -0.05) is 26.8 Å². The maximum atomic E-state index is 9.20. The second kappa shape index (κ2) is 7.27. The molecule has 1 atom stereocenters. The lowest BCUT2D eigenvalue weighted by molar-refractivity contribution is 0.230. The quantitative estimate of drug-likeness (QED) is 0.781. The zero-order chi connectivity index (χ0) is 13.5. The van der Waals surface area contributed by atoms with Crippen LogP contribution in [0.5, 0.6) is 5.75 Å². The summed E-state index contributed by atoms with van der Waals surface area (Å²) in [6, 6.07) is 6.23. The minimum Gasteiger partial charge on any atom is -0.495 e. The van der Waals surface area contributed by atoms with E-state index >= 15 is 0 Å². The van der Waals surface area contributed by atoms with Crippen molar-refractivity contribution in [3.05, 3.63) is 23.8 Å². The number of anilines is 1. The van der Waals surface area contributed by atoms with Crippen molar-refractivity contribution in [3.63, 3.8) is 0 Å². The topological polar surface area (TPSA) is 41.5 Å². The van der Waals surface area contributed by atoms with Crippen LogP contribution in [0.4, 0.5) is 5.69 Å². The molecule has 1 rings (SSSR count). The summed E-state index contributed by atoms with van der Waals surface area (Å²) in [5, 5.41) is 12.6. The third kappa shape index (κ3) is 3.91. The van der Waals surface area contributed by atoms with Gasteiger partial charge in [-0.15, -0.1) is 0 Å². The van der Waals surface area contributed by atoms with E-state index in [1.54, 1.807) is 7.11 Å². The van der Waals surface area contributed by atoms with Crippen molar-refractivity contribution >= 4 is 5.69 Å². The lowest BCUT2D eigenvalue weighted by Crippen LogP contribution is -2.17. The van der Waals surface area contributed by atoms with Crippen molar-refractivity contribution < 1.29 is 9.84 Å². The summed E-state index contributed by atoms with van der Waals surface area (Å²) in [5.41, 5.74) is 2.30. The van der Waals surface area contributed by atoms with Crippen LogP contribution >= 0.6 is 0 Å². The predicted molar refractivity (Wildman–Crippen MR) is 76.4 cm³/mol. The van der Waals surface area contributed by atoms with E-state index in [4.69, 9.17) is 4.74 Å². The van der Waals surface area contributed by atoms with Crippen molar-refractivity contribution in [1.29, 1.82) is 0 Å². The van der Waals surface area contributed by atoms with Gasteiger partial charge >= 0.3 is 0 Å². The first-order valence-corrected chi connectivity index (χ1v) is 6.65. The van der Waals surface area contributed by atoms with Gasteiger partial charge in [0.05, 0.1) is 12.8 Å². The van der Waals surface area contributed by atoms with E-state index in [-0.39, 0.29) is 12.5 Å². The Labute approximate surface area is 110 Å². The molecule has 0 bridgehead atoms. The zero-order valence-corrected chi connectivity index (χ0v) is 11.9. The van der Waals surface area contributed by atoms with Crippen LogP contribution < -0.4 is 10.1 Å². The number of rotatable bonds is 7. The Morgan fingerprint density at radius 1 is 1.33 bits per heavy atom. The van der Waals surface area contributed by atoms with E-state index in [2.05, 4.69) is 38.2 Å². The smallest absolute Gasteiger partial charge is 0.141 e. The van der Waals surface area contributed by atoms with Gasteiger partial charge in [-0.05, 0) is 36.0 Å². The Kier molecular flexibility index (Phi) is 5.99. The number of aliphatic hydroxyl groups is 1. The van der Waals surface area contributed by atoms with Crippen LogP contribution in [-0.2, 0) is 0 Å². The molecule has 1 unspecified atom stereocenters. The molecule has 3 nitrogen and oxygen atoms in total. The molecule has 0 heterocycles. The van der Waals surface area contributed by atoms with E-state index in [1.165, 1.54) is 5.56 Å². The molecular formula is C15H25NO2. The Balaban J connectivity index is 2.81. The van der Waals surface area contributed by atoms with Crippen LogP contribution in [0, 0.1) is 5.92 Å². The maximum Gasteiger partial charge on any atom is 0.141 e. The molecule has 0 amide bonds. The SMILES string of the molecule is CCC(CO)CNc1cc(C(C)C)ccc1OC. The predicted octanol–water partition coefficient (Wildman–Crippen LogP) is 3.25. The number of nitrogens with one attached hydrogen (secondary N) is 1. The van der Waals surface area contributed by atoms with Gasteiger partial charge in [-0.3, -0.25) is 0 Å². The number of hydrogen-bond donors (Lipinski definition) is 2. The van der Waals surface area contributed by atoms with Crippen LogP contribution in [0.25, 0.3) is 0 Å². The Morgan fingerprint density at radius 2 is 2.06 bits per heavy atom. The van der Waals surface area contributed by atoms with Crippen molar-refractivity contribution in [2.75, 3.05) is 25.6 Å². The van der Waals surface area contributed by atoms with Gasteiger partial charge in [0, 0.05) is 13.2 Å². The fourth-order valence-corrected chi connectivity index (χ4v) is 1.82. The summed E-state index contributed by atoms with van der Waals surface area (Å²) in [4.78, 5) is 0. The molecule has 0 aliphatic rings. The van der Waals surface area contributed by atoms with Crippen molar-refractivity contribution in [3.8, 4) is 5.75 Å². The Morgan fingerprint density at radius 3 is 2.56 bits per heavy atom. The number of hydrogen-bond acceptors (Lipinski definition) is 3. The molecule has 102 valence electrons. The highest BCUT2D eigenvalue weighted by Crippen LogP contribution is 2.28. The monoisotopic (exact) mass is 251 g/mol. The minimum absolute atomic E-state index is 0.218. The number of aliphatic hydroxyl groups excluding tert-OH is 1. The molecule has 0 saturated heterocycles. The molecule has 0 aliphatic carbocycles. The van der Waals surface area contributed by atoms with E-state index < -0.39 is 0 Å². The molecule has 1 aromatic rings. The van der Waals surface area contributed by atoms with Gasteiger partial charge in [0.2, 0.25) is 0 Å². The highest BCUT2D eigenvalue weighted by Gasteiger charge is 2.09. The summed E-state index contributed by atoms with van der Waals surface area (Å²) in [6.45, 7) is 7.42. The fraction of sp³-hybridized carbons (Fsp3) is 0.600. The van der Waals surface area contributed by atoms with Gasteiger partial charge in [-0.25, -0.2) is 0 Å². The molecule has 18 heavy (non-hydrogen) atoms. The first-order valence-electron chi connectivity index (χ1n) is 6.65. The molecule has 0 saturated carbocycles. The van der Waals surface area contributed by atoms with Gasteiger partial charge in [0.25, 0.3) is 0 Å². The zero-order valence-electron chi connectivity index (χ0n) is 11.9. The number of benzene rings is 1. The van der Waals surface area contributed by atoms with E-state index in [1.807, 2.05) is 6.07 Å². The Hall–Kier alpha value is -1.22. The van der Waals surface area contributed by atoms with E-state index in [9.17, 15) is 5.11 Å². The summed E-state index contributed by atoms with van der Waals surface area (Å²) >= 11 is 0. The maximum absolute atomic E-state index is 9.20. The second-order valence-corrected chi connectivity index (χ2v) is 4.95. The van der Waals surface area contributed by atoms with E-state index in [0.717, 1.165) is 24.4 Å². The molecule has 1 aromatic carbocycles. The van der Waals surface area contributed by atoms with Gasteiger partial charge in [0.15, 0.2) is 0 Å². The summed E-state index contributed by atoms with van der Waals surface area (Å²) in [6.07, 6.45) is 0.968. The lowest BCUT2D eigenvalue weighted by Gasteiger charge is -2.17. The largest absolute Gasteiger partial charge is 0.495 e. The summed E-state index contributed by atoms with van der Waals surface area (Å²) in [5.74, 6) is 1.64.